The van der Waals surface area contributed by atoms with E-state index in [1.807, 2.05) is 0 Å². The lowest BCUT2D eigenvalue weighted by atomic mass is 9.95. The maximum Gasteiger partial charge on any atom is 0.433 e. The average Bonchev–Trinajstić information content (AvgIpc) is 3.09. The number of hydrogen-bond acceptors (Lipinski definition) is 5. The van der Waals surface area contributed by atoms with Crippen LogP contribution >= 0.6 is 0 Å². The molecule has 6 nitrogen and oxygen atoms in total. The lowest BCUT2D eigenvalue weighted by Gasteiger charge is -2.25. The summed E-state index contributed by atoms with van der Waals surface area (Å²) in [6.45, 7) is 0. The van der Waals surface area contributed by atoms with Gasteiger partial charge in [-0.2, -0.15) is 18.3 Å². The van der Waals surface area contributed by atoms with Crippen LogP contribution in [0.25, 0.3) is 0 Å². The Labute approximate surface area is 150 Å². The van der Waals surface area contributed by atoms with Crippen LogP contribution in [0.2, 0.25) is 0 Å². The lowest BCUT2D eigenvalue weighted by molar-refractivity contribution is -0.145. The molecule has 2 aliphatic rings. The van der Waals surface area contributed by atoms with Crippen LogP contribution in [0.3, 0.4) is 0 Å². The second-order valence-electron chi connectivity index (χ2n) is 7.11. The van der Waals surface area contributed by atoms with Gasteiger partial charge in [-0.15, -0.1) is 0 Å². The summed E-state index contributed by atoms with van der Waals surface area (Å²) >= 11 is 0. The fourth-order valence-electron chi connectivity index (χ4n) is 3.86. The summed E-state index contributed by atoms with van der Waals surface area (Å²) in [5.74, 6) is -1.08. The van der Waals surface area contributed by atoms with Crippen LogP contribution < -0.4 is 11.0 Å². The fourth-order valence-corrected chi connectivity index (χ4v) is 3.86. The molecular formula is C17H25F3N4O2. The highest BCUT2D eigenvalue weighted by Gasteiger charge is 2.42. The van der Waals surface area contributed by atoms with Crippen molar-refractivity contribution in [3.8, 4) is 0 Å². The van der Waals surface area contributed by atoms with E-state index in [0.29, 0.717) is 12.8 Å². The summed E-state index contributed by atoms with van der Waals surface area (Å²) in [6.07, 6.45) is 5.55. The molecule has 2 aliphatic carbocycles. The van der Waals surface area contributed by atoms with Gasteiger partial charge in [0.15, 0.2) is 5.69 Å². The van der Waals surface area contributed by atoms with Gasteiger partial charge >= 0.3 is 12.1 Å². The molecule has 0 amide bonds. The Kier molecular flexibility index (Phi) is 6.18. The van der Waals surface area contributed by atoms with E-state index in [1.54, 1.807) is 0 Å². The number of rotatable bonds is 5. The standard InChI is InChI=1S/C17H25F3N4O2/c18-17(19,20)15-14(11-21-24(15)13-9-5-2-6-10-13)16(25)26-23-22-12-7-3-1-4-8-12/h11-13,22-23H,1-10H2. The number of nitrogens with zero attached hydrogens (tertiary/aromatic N) is 2. The number of carbonyl (C=O) groups is 1. The van der Waals surface area contributed by atoms with E-state index in [0.717, 1.165) is 55.8 Å². The number of alkyl halides is 3. The molecular weight excluding hydrogens is 349 g/mol. The van der Waals surface area contributed by atoms with Gasteiger partial charge < -0.3 is 4.84 Å². The van der Waals surface area contributed by atoms with E-state index >= 15 is 0 Å². The summed E-state index contributed by atoms with van der Waals surface area (Å²) in [4.78, 5) is 17.0. The van der Waals surface area contributed by atoms with Gasteiger partial charge in [0.25, 0.3) is 0 Å². The van der Waals surface area contributed by atoms with Gasteiger partial charge in [0.2, 0.25) is 0 Å². The van der Waals surface area contributed by atoms with Crippen LogP contribution in [0.4, 0.5) is 13.2 Å². The molecule has 2 fully saturated rings. The zero-order chi connectivity index (χ0) is 18.6. The van der Waals surface area contributed by atoms with Gasteiger partial charge in [-0.05, 0) is 25.7 Å². The zero-order valence-corrected chi connectivity index (χ0v) is 14.6. The quantitative estimate of drug-likeness (QED) is 0.765. The number of hydrazine groups is 1. The van der Waals surface area contributed by atoms with Crippen molar-refractivity contribution in [1.29, 1.82) is 0 Å². The highest BCUT2D eigenvalue weighted by Crippen LogP contribution is 2.37. The zero-order valence-electron chi connectivity index (χ0n) is 14.6. The second-order valence-corrected chi connectivity index (χ2v) is 7.11. The maximum absolute atomic E-state index is 13.6. The smallest absolute Gasteiger partial charge is 0.351 e. The molecule has 0 atom stereocenters. The monoisotopic (exact) mass is 374 g/mol. The Balaban J connectivity index is 1.67. The van der Waals surface area contributed by atoms with Crippen LogP contribution in [0.5, 0.6) is 0 Å². The van der Waals surface area contributed by atoms with E-state index < -0.39 is 23.4 Å². The van der Waals surface area contributed by atoms with Crippen LogP contribution in [-0.2, 0) is 11.0 Å². The Hall–Kier alpha value is -1.61. The van der Waals surface area contributed by atoms with Gasteiger partial charge in [0, 0.05) is 6.04 Å². The molecule has 0 radical (unpaired) electrons. The van der Waals surface area contributed by atoms with Gasteiger partial charge in [0.05, 0.1) is 12.2 Å². The van der Waals surface area contributed by atoms with Crippen molar-refractivity contribution in [3.63, 3.8) is 0 Å². The molecule has 26 heavy (non-hydrogen) atoms. The van der Waals surface area contributed by atoms with Gasteiger partial charge in [-0.3, -0.25) is 4.68 Å². The molecule has 0 aromatic carbocycles. The third-order valence-corrected chi connectivity index (χ3v) is 5.22. The topological polar surface area (TPSA) is 68.2 Å². The van der Waals surface area contributed by atoms with E-state index in [2.05, 4.69) is 16.1 Å². The first-order valence-corrected chi connectivity index (χ1v) is 9.33. The average molecular weight is 374 g/mol. The molecule has 1 aromatic heterocycles. The van der Waals surface area contributed by atoms with E-state index in [4.69, 9.17) is 4.84 Å². The van der Waals surface area contributed by atoms with Crippen molar-refractivity contribution in [2.24, 2.45) is 0 Å². The maximum atomic E-state index is 13.6. The summed E-state index contributed by atoms with van der Waals surface area (Å²) in [5.41, 5.74) is 3.59. The molecule has 0 bridgehead atoms. The van der Waals surface area contributed by atoms with Crippen LogP contribution in [-0.4, -0.2) is 21.8 Å². The third-order valence-electron chi connectivity index (χ3n) is 5.22. The van der Waals surface area contributed by atoms with E-state index in [9.17, 15) is 18.0 Å². The molecule has 0 spiro atoms. The molecule has 1 heterocycles. The van der Waals surface area contributed by atoms with Gasteiger partial charge in [-0.1, -0.05) is 44.1 Å². The minimum atomic E-state index is -4.67. The van der Waals surface area contributed by atoms with Crippen LogP contribution in [0.1, 0.15) is 86.3 Å². The number of nitrogens with one attached hydrogen (secondary N) is 2. The number of carbonyl (C=O) groups excluding carboxylic acids is 1. The van der Waals surface area contributed by atoms with Gasteiger partial charge in [-0.25, -0.2) is 10.2 Å². The first-order valence-electron chi connectivity index (χ1n) is 9.33. The molecule has 3 rings (SSSR count). The molecule has 9 heteroatoms. The number of hydrogen-bond donors (Lipinski definition) is 2. The first kappa shape index (κ1) is 19.2. The fraction of sp³-hybridized carbons (Fsp3) is 0.765. The van der Waals surface area contributed by atoms with E-state index in [-0.39, 0.29) is 12.1 Å². The van der Waals surface area contributed by atoms with Crippen molar-refractivity contribution in [2.75, 3.05) is 0 Å². The molecule has 146 valence electrons. The molecule has 0 unspecified atom stereocenters. The normalized spacial score (nSPS) is 20.3. The molecule has 0 aliphatic heterocycles. The highest BCUT2D eigenvalue weighted by atomic mass is 19.4. The summed E-state index contributed by atoms with van der Waals surface area (Å²) in [7, 11) is 0. The molecule has 1 aromatic rings. The summed E-state index contributed by atoms with van der Waals surface area (Å²) in [6, 6.07) is -0.168. The Bertz CT molecular complexity index is 606. The Morgan fingerprint density at radius 2 is 1.69 bits per heavy atom. The molecule has 2 saturated carbocycles. The van der Waals surface area contributed by atoms with Crippen molar-refractivity contribution < 1.29 is 22.8 Å². The van der Waals surface area contributed by atoms with Crippen LogP contribution in [0.15, 0.2) is 6.20 Å². The van der Waals surface area contributed by atoms with Gasteiger partial charge in [0.1, 0.15) is 5.56 Å². The predicted octanol–water partition coefficient (Wildman–Crippen LogP) is 3.91. The third kappa shape index (κ3) is 4.56. The second kappa shape index (κ2) is 8.39. The highest BCUT2D eigenvalue weighted by molar-refractivity contribution is 5.90. The first-order chi connectivity index (χ1) is 12.5. The number of aromatic nitrogens is 2. The van der Waals surface area contributed by atoms with Crippen molar-refractivity contribution in [1.82, 2.24) is 20.8 Å². The van der Waals surface area contributed by atoms with Crippen molar-refractivity contribution in [3.05, 3.63) is 17.5 Å². The van der Waals surface area contributed by atoms with Crippen molar-refractivity contribution >= 4 is 5.97 Å². The Morgan fingerprint density at radius 1 is 1.08 bits per heavy atom. The summed E-state index contributed by atoms with van der Waals surface area (Å²) < 4.78 is 41.7. The SMILES string of the molecule is O=C(ONNC1CCCCC1)c1cnn(C2CCCCC2)c1C(F)(F)F. The summed E-state index contributed by atoms with van der Waals surface area (Å²) in [5, 5.41) is 3.87. The number of halogens is 3. The molecule has 0 saturated heterocycles. The minimum absolute atomic E-state index is 0.156. The van der Waals surface area contributed by atoms with E-state index in [1.165, 1.54) is 6.42 Å². The van der Waals surface area contributed by atoms with Crippen LogP contribution in [0, 0.1) is 0 Å². The predicted molar refractivity (Wildman–Crippen MR) is 87.9 cm³/mol. The minimum Gasteiger partial charge on any atom is -0.351 e. The lowest BCUT2D eigenvalue weighted by Crippen LogP contribution is -2.43. The largest absolute Gasteiger partial charge is 0.433 e. The Morgan fingerprint density at radius 3 is 2.31 bits per heavy atom. The van der Waals surface area contributed by atoms with Crippen molar-refractivity contribution in [2.45, 2.75) is 82.5 Å². The molecule has 2 N–H and O–H groups in total.